The van der Waals surface area contributed by atoms with Crippen LogP contribution < -0.4 is 5.32 Å². The first-order valence-corrected chi connectivity index (χ1v) is 5.61. The van der Waals surface area contributed by atoms with Crippen molar-refractivity contribution in [1.82, 2.24) is 14.9 Å². The highest BCUT2D eigenvalue weighted by molar-refractivity contribution is 5.94. The number of rotatable bonds is 2. The Labute approximate surface area is 104 Å². The van der Waals surface area contributed by atoms with Crippen LogP contribution in [-0.2, 0) is 4.79 Å². The number of anilines is 1. The number of carboxylic acids is 1. The minimum atomic E-state index is -1.14. The maximum atomic E-state index is 12.0. The first-order chi connectivity index (χ1) is 8.54. The third-order valence-corrected chi connectivity index (χ3v) is 3.16. The molecule has 0 bridgehead atoms. The number of nitrogens with one attached hydrogen (secondary N) is 1. The number of aliphatic carboxylic acids is 1. The van der Waals surface area contributed by atoms with Crippen molar-refractivity contribution < 1.29 is 14.7 Å². The summed E-state index contributed by atoms with van der Waals surface area (Å²) >= 11 is 0. The molecule has 96 valence electrons. The summed E-state index contributed by atoms with van der Waals surface area (Å²) < 4.78 is 0. The number of urea groups is 1. The number of amides is 2. The molecule has 1 atom stereocenters. The van der Waals surface area contributed by atoms with Crippen molar-refractivity contribution in [2.75, 3.05) is 11.9 Å². The normalized spacial score (nSPS) is 22.8. The van der Waals surface area contributed by atoms with E-state index in [1.165, 1.54) is 23.6 Å². The average Bonchev–Trinajstić information content (AvgIpc) is 2.74. The topological polar surface area (TPSA) is 95.4 Å². The summed E-state index contributed by atoms with van der Waals surface area (Å²) in [5.41, 5.74) is -0.693. The van der Waals surface area contributed by atoms with Crippen molar-refractivity contribution in [3.05, 3.63) is 18.7 Å². The molecule has 1 aliphatic heterocycles. The number of likely N-dealkylation sites (tertiary alicyclic amines) is 1. The van der Waals surface area contributed by atoms with Gasteiger partial charge in [0, 0.05) is 6.54 Å². The number of hydrogen-bond acceptors (Lipinski definition) is 4. The van der Waals surface area contributed by atoms with Crippen LogP contribution >= 0.6 is 0 Å². The van der Waals surface area contributed by atoms with Gasteiger partial charge in [-0.25, -0.2) is 19.6 Å². The molecule has 1 aromatic heterocycles. The van der Waals surface area contributed by atoms with Crippen molar-refractivity contribution in [2.45, 2.75) is 25.3 Å². The van der Waals surface area contributed by atoms with Gasteiger partial charge in [-0.15, -0.1) is 0 Å². The van der Waals surface area contributed by atoms with Gasteiger partial charge in [0.25, 0.3) is 0 Å². The zero-order chi connectivity index (χ0) is 13.2. The molecule has 0 radical (unpaired) electrons. The van der Waals surface area contributed by atoms with Gasteiger partial charge in [0.1, 0.15) is 11.9 Å². The van der Waals surface area contributed by atoms with Crippen LogP contribution in [0.5, 0.6) is 0 Å². The molecule has 7 heteroatoms. The van der Waals surface area contributed by atoms with Crippen LogP contribution in [0.3, 0.4) is 0 Å². The van der Waals surface area contributed by atoms with Crippen LogP contribution in [-0.4, -0.2) is 44.1 Å². The smallest absolute Gasteiger partial charge is 0.329 e. The second kappa shape index (κ2) is 4.59. The van der Waals surface area contributed by atoms with Crippen LogP contribution in [0.25, 0.3) is 0 Å². The zero-order valence-corrected chi connectivity index (χ0v) is 9.96. The molecular formula is C11H14N4O3. The highest BCUT2D eigenvalue weighted by atomic mass is 16.4. The third kappa shape index (κ3) is 2.11. The van der Waals surface area contributed by atoms with Crippen molar-refractivity contribution in [3.8, 4) is 0 Å². The average molecular weight is 250 g/mol. The Bertz CT molecular complexity index is 465. The van der Waals surface area contributed by atoms with Crippen LogP contribution in [0.4, 0.5) is 10.5 Å². The molecule has 18 heavy (non-hydrogen) atoms. The Kier molecular flexibility index (Phi) is 3.14. The third-order valence-electron chi connectivity index (χ3n) is 3.16. The van der Waals surface area contributed by atoms with Gasteiger partial charge in [0.2, 0.25) is 0 Å². The Balaban J connectivity index is 2.12. The first-order valence-electron chi connectivity index (χ1n) is 5.61. The number of carbonyl (C=O) groups excluding carboxylic acids is 1. The van der Waals surface area contributed by atoms with Gasteiger partial charge >= 0.3 is 12.0 Å². The Morgan fingerprint density at radius 1 is 1.44 bits per heavy atom. The molecule has 1 saturated heterocycles. The van der Waals surface area contributed by atoms with Crippen molar-refractivity contribution in [3.63, 3.8) is 0 Å². The fourth-order valence-corrected chi connectivity index (χ4v) is 2.07. The van der Waals surface area contributed by atoms with E-state index in [-0.39, 0.29) is 0 Å². The molecule has 0 aromatic carbocycles. The van der Waals surface area contributed by atoms with E-state index in [0.29, 0.717) is 25.1 Å². The zero-order valence-electron chi connectivity index (χ0n) is 9.96. The summed E-state index contributed by atoms with van der Waals surface area (Å²) in [5, 5.41) is 11.8. The molecule has 0 spiro atoms. The molecule has 1 aromatic rings. The first kappa shape index (κ1) is 12.3. The molecule has 1 fully saturated rings. The maximum Gasteiger partial charge on any atom is 0.329 e. The molecule has 0 saturated carbocycles. The van der Waals surface area contributed by atoms with E-state index in [1.54, 1.807) is 6.92 Å². The monoisotopic (exact) mass is 250 g/mol. The van der Waals surface area contributed by atoms with Crippen molar-refractivity contribution in [2.24, 2.45) is 0 Å². The van der Waals surface area contributed by atoms with Gasteiger partial charge in [-0.3, -0.25) is 0 Å². The van der Waals surface area contributed by atoms with Crippen LogP contribution in [0.15, 0.2) is 18.7 Å². The van der Waals surface area contributed by atoms with Crippen molar-refractivity contribution >= 4 is 17.7 Å². The second-order valence-corrected chi connectivity index (χ2v) is 4.39. The molecule has 2 N–H and O–H groups in total. The molecule has 2 rings (SSSR count). The molecular weight excluding hydrogens is 236 g/mol. The molecule has 1 unspecified atom stereocenters. The minimum Gasteiger partial charge on any atom is -0.480 e. The van der Waals surface area contributed by atoms with E-state index < -0.39 is 17.5 Å². The molecule has 2 heterocycles. The fraction of sp³-hybridized carbons (Fsp3) is 0.455. The fourth-order valence-electron chi connectivity index (χ4n) is 2.07. The predicted molar refractivity (Wildman–Crippen MR) is 63.0 cm³/mol. The van der Waals surface area contributed by atoms with Gasteiger partial charge < -0.3 is 15.3 Å². The van der Waals surface area contributed by atoms with E-state index in [0.717, 1.165) is 0 Å². The quantitative estimate of drug-likeness (QED) is 0.814. The molecule has 7 nitrogen and oxygen atoms in total. The number of carbonyl (C=O) groups is 2. The SMILES string of the molecule is CC1(C(=O)O)CCCN1C(=O)Nc1cncnc1. The maximum absolute atomic E-state index is 12.0. The summed E-state index contributed by atoms with van der Waals surface area (Å²) in [7, 11) is 0. The number of aromatic nitrogens is 2. The number of nitrogens with zero attached hydrogens (tertiary/aromatic N) is 3. The lowest BCUT2D eigenvalue weighted by Gasteiger charge is -2.31. The highest BCUT2D eigenvalue weighted by Gasteiger charge is 2.46. The van der Waals surface area contributed by atoms with Gasteiger partial charge in [0.05, 0.1) is 18.1 Å². The lowest BCUT2D eigenvalue weighted by Crippen LogP contribution is -2.52. The summed E-state index contributed by atoms with van der Waals surface area (Å²) in [4.78, 5) is 32.2. The number of hydrogen-bond donors (Lipinski definition) is 2. The summed E-state index contributed by atoms with van der Waals surface area (Å²) in [6.45, 7) is 1.99. The van der Waals surface area contributed by atoms with E-state index >= 15 is 0 Å². The van der Waals surface area contributed by atoms with Crippen LogP contribution in [0.2, 0.25) is 0 Å². The second-order valence-electron chi connectivity index (χ2n) is 4.39. The lowest BCUT2D eigenvalue weighted by atomic mass is 10.00. The van der Waals surface area contributed by atoms with E-state index in [2.05, 4.69) is 15.3 Å². The van der Waals surface area contributed by atoms with Crippen molar-refractivity contribution in [1.29, 1.82) is 0 Å². The van der Waals surface area contributed by atoms with E-state index in [4.69, 9.17) is 0 Å². The number of carboxylic acid groups (broad SMARTS) is 1. The van der Waals surface area contributed by atoms with Crippen LogP contribution in [0.1, 0.15) is 19.8 Å². The van der Waals surface area contributed by atoms with E-state index in [1.807, 2.05) is 0 Å². The largest absolute Gasteiger partial charge is 0.480 e. The summed E-state index contributed by atoms with van der Waals surface area (Å²) in [5.74, 6) is -0.987. The van der Waals surface area contributed by atoms with Gasteiger partial charge in [-0.1, -0.05) is 0 Å². The minimum absolute atomic E-state index is 0.433. The highest BCUT2D eigenvalue weighted by Crippen LogP contribution is 2.29. The molecule has 2 amide bonds. The van der Waals surface area contributed by atoms with Gasteiger partial charge in [-0.2, -0.15) is 0 Å². The lowest BCUT2D eigenvalue weighted by molar-refractivity contribution is -0.146. The summed E-state index contributed by atoms with van der Waals surface area (Å²) in [6, 6.07) is -0.438. The van der Waals surface area contributed by atoms with Gasteiger partial charge in [0.15, 0.2) is 0 Å². The Morgan fingerprint density at radius 2 is 2.11 bits per heavy atom. The standard InChI is InChI=1S/C11H14N4O3/c1-11(9(16)17)3-2-4-15(11)10(18)14-8-5-12-7-13-6-8/h5-7H,2-4H2,1H3,(H,14,18)(H,16,17). The van der Waals surface area contributed by atoms with Crippen LogP contribution in [0, 0.1) is 0 Å². The Hall–Kier alpha value is -2.18. The Morgan fingerprint density at radius 3 is 2.72 bits per heavy atom. The van der Waals surface area contributed by atoms with Gasteiger partial charge in [-0.05, 0) is 19.8 Å². The molecule has 0 aliphatic carbocycles. The summed E-state index contributed by atoms with van der Waals surface area (Å²) in [6.07, 6.45) is 5.41. The predicted octanol–water partition coefficient (Wildman–Crippen LogP) is 0.948. The molecule has 1 aliphatic rings. The van der Waals surface area contributed by atoms with E-state index in [9.17, 15) is 14.7 Å².